The molecule has 24 heavy (non-hydrogen) atoms. The van der Waals surface area contributed by atoms with Crippen molar-refractivity contribution in [2.45, 2.75) is 0 Å². The number of nitrogens with zero attached hydrogens (tertiary/aromatic N) is 1. The van der Waals surface area contributed by atoms with Crippen LogP contribution in [0.2, 0.25) is 15.1 Å². The van der Waals surface area contributed by atoms with Gasteiger partial charge in [0.25, 0.3) is 0 Å². The topological polar surface area (TPSA) is 52.1 Å². The van der Waals surface area contributed by atoms with Crippen LogP contribution in [-0.2, 0) is 0 Å². The van der Waals surface area contributed by atoms with Crippen molar-refractivity contribution in [3.8, 4) is 17.2 Å². The second kappa shape index (κ2) is 8.33. The van der Waals surface area contributed by atoms with Gasteiger partial charge < -0.3 is 14.2 Å². The molecule has 0 unspecified atom stereocenters. The Kier molecular flexibility index (Phi) is 6.43. The summed E-state index contributed by atoms with van der Waals surface area (Å²) in [5.74, 6) is 1.53. The summed E-state index contributed by atoms with van der Waals surface area (Å²) in [5, 5.41) is 5.31. The number of hydrogen-bond donors (Lipinski definition) is 1. The van der Waals surface area contributed by atoms with E-state index in [1.807, 2.05) is 0 Å². The summed E-state index contributed by atoms with van der Waals surface area (Å²) in [6.07, 6.45) is 1.56. The summed E-state index contributed by atoms with van der Waals surface area (Å²) >= 11 is 18.1. The van der Waals surface area contributed by atoms with E-state index in [-0.39, 0.29) is 0 Å². The minimum absolute atomic E-state index is 0.365. The first kappa shape index (κ1) is 18.5. The van der Waals surface area contributed by atoms with Gasteiger partial charge in [0, 0.05) is 10.6 Å². The van der Waals surface area contributed by atoms with E-state index in [1.165, 1.54) is 14.2 Å². The number of rotatable bonds is 6. The van der Waals surface area contributed by atoms with Gasteiger partial charge in [-0.3, -0.25) is 5.43 Å². The molecule has 0 heterocycles. The van der Waals surface area contributed by atoms with Gasteiger partial charge in [0.05, 0.1) is 43.3 Å². The number of anilines is 1. The molecule has 0 bridgehead atoms. The zero-order chi connectivity index (χ0) is 17.7. The zero-order valence-electron chi connectivity index (χ0n) is 13.2. The Hall–Kier alpha value is -1.82. The van der Waals surface area contributed by atoms with E-state index in [0.717, 1.165) is 0 Å². The molecule has 0 aliphatic heterocycles. The fourth-order valence-electron chi connectivity index (χ4n) is 2.04. The van der Waals surface area contributed by atoms with Crippen LogP contribution in [-0.4, -0.2) is 27.5 Å². The molecule has 0 fully saturated rings. The molecule has 0 atom stereocenters. The Labute approximate surface area is 155 Å². The SMILES string of the molecule is COc1ccc(/C=N/Nc2c(Cl)cc(Cl)cc2Cl)c(OC)c1OC. The predicted molar refractivity (Wildman–Crippen MR) is 98.8 cm³/mol. The number of methoxy groups -OCH3 is 3. The van der Waals surface area contributed by atoms with Crippen LogP contribution in [0.3, 0.4) is 0 Å². The molecule has 0 saturated carbocycles. The molecule has 0 aromatic heterocycles. The maximum absolute atomic E-state index is 6.10. The van der Waals surface area contributed by atoms with Gasteiger partial charge in [-0.1, -0.05) is 34.8 Å². The zero-order valence-corrected chi connectivity index (χ0v) is 15.5. The van der Waals surface area contributed by atoms with E-state index in [9.17, 15) is 0 Å². The molecule has 0 spiro atoms. The number of halogens is 3. The first-order valence-corrected chi connectivity index (χ1v) is 7.87. The molecule has 128 valence electrons. The van der Waals surface area contributed by atoms with Crippen molar-refractivity contribution in [3.63, 3.8) is 0 Å². The van der Waals surface area contributed by atoms with E-state index in [4.69, 9.17) is 49.0 Å². The quantitative estimate of drug-likeness (QED) is 0.550. The van der Waals surface area contributed by atoms with Gasteiger partial charge in [0.15, 0.2) is 11.5 Å². The lowest BCUT2D eigenvalue weighted by molar-refractivity contribution is 0.324. The third-order valence-electron chi connectivity index (χ3n) is 3.12. The van der Waals surface area contributed by atoms with Crippen LogP contribution in [0.5, 0.6) is 17.2 Å². The van der Waals surface area contributed by atoms with E-state index in [1.54, 1.807) is 37.6 Å². The fourth-order valence-corrected chi connectivity index (χ4v) is 2.94. The predicted octanol–water partition coefficient (Wildman–Crippen LogP) is 5.12. The van der Waals surface area contributed by atoms with Gasteiger partial charge in [0.1, 0.15) is 0 Å². The second-order valence-electron chi connectivity index (χ2n) is 4.54. The third-order valence-corrected chi connectivity index (χ3v) is 3.94. The summed E-state index contributed by atoms with van der Waals surface area (Å²) in [6.45, 7) is 0. The standard InChI is InChI=1S/C16H15Cl3N2O3/c1-22-13-5-4-9(15(23-2)16(13)24-3)8-20-21-14-11(18)6-10(17)7-12(14)19/h4-8,21H,1-3H3/b20-8+. The monoisotopic (exact) mass is 388 g/mol. The molecule has 5 nitrogen and oxygen atoms in total. The number of nitrogens with one attached hydrogen (secondary N) is 1. The van der Waals surface area contributed by atoms with Gasteiger partial charge in [-0.2, -0.15) is 5.10 Å². The highest BCUT2D eigenvalue weighted by molar-refractivity contribution is 6.41. The van der Waals surface area contributed by atoms with Gasteiger partial charge in [-0.25, -0.2) is 0 Å². The van der Waals surface area contributed by atoms with Crippen LogP contribution in [0, 0.1) is 0 Å². The average Bonchev–Trinajstić information content (AvgIpc) is 2.56. The molecule has 0 amide bonds. The van der Waals surface area contributed by atoms with Crippen molar-refractivity contribution in [1.82, 2.24) is 0 Å². The molecule has 8 heteroatoms. The van der Waals surface area contributed by atoms with Crippen LogP contribution >= 0.6 is 34.8 Å². The van der Waals surface area contributed by atoms with Crippen LogP contribution in [0.4, 0.5) is 5.69 Å². The molecular formula is C16H15Cl3N2O3. The Bertz CT molecular complexity index is 743. The van der Waals surface area contributed by atoms with Gasteiger partial charge in [-0.15, -0.1) is 0 Å². The maximum Gasteiger partial charge on any atom is 0.203 e. The summed E-state index contributed by atoms with van der Waals surface area (Å²) in [7, 11) is 4.62. The number of benzene rings is 2. The molecule has 0 saturated heterocycles. The number of hydrogen-bond acceptors (Lipinski definition) is 5. The highest BCUT2D eigenvalue weighted by Gasteiger charge is 2.14. The normalized spacial score (nSPS) is 10.8. The van der Waals surface area contributed by atoms with E-state index in [0.29, 0.717) is 43.6 Å². The second-order valence-corrected chi connectivity index (χ2v) is 5.79. The lowest BCUT2D eigenvalue weighted by atomic mass is 10.2. The van der Waals surface area contributed by atoms with Crippen molar-refractivity contribution in [2.24, 2.45) is 5.10 Å². The van der Waals surface area contributed by atoms with Crippen LogP contribution < -0.4 is 19.6 Å². The molecule has 2 aromatic rings. The van der Waals surface area contributed by atoms with Gasteiger partial charge >= 0.3 is 0 Å². The Morgan fingerprint density at radius 3 is 2.08 bits per heavy atom. The molecule has 2 aromatic carbocycles. The summed E-state index contributed by atoms with van der Waals surface area (Å²) in [5.41, 5.74) is 3.93. The van der Waals surface area contributed by atoms with Crippen molar-refractivity contribution in [3.05, 3.63) is 44.9 Å². The van der Waals surface area contributed by atoms with Gasteiger partial charge in [-0.05, 0) is 24.3 Å². The largest absolute Gasteiger partial charge is 0.493 e. The van der Waals surface area contributed by atoms with E-state index >= 15 is 0 Å². The van der Waals surface area contributed by atoms with Crippen molar-refractivity contribution in [2.75, 3.05) is 26.8 Å². The highest BCUT2D eigenvalue weighted by Crippen LogP contribution is 2.39. The molecule has 0 aliphatic rings. The first-order chi connectivity index (χ1) is 11.5. The number of ether oxygens (including phenoxy) is 3. The van der Waals surface area contributed by atoms with E-state index < -0.39 is 0 Å². The lowest BCUT2D eigenvalue weighted by Gasteiger charge is -2.13. The average molecular weight is 390 g/mol. The van der Waals surface area contributed by atoms with Crippen molar-refractivity contribution >= 4 is 46.7 Å². The first-order valence-electron chi connectivity index (χ1n) is 6.74. The van der Waals surface area contributed by atoms with Crippen LogP contribution in [0.15, 0.2) is 29.4 Å². The lowest BCUT2D eigenvalue weighted by Crippen LogP contribution is -1.99. The van der Waals surface area contributed by atoms with E-state index in [2.05, 4.69) is 10.5 Å². The van der Waals surface area contributed by atoms with Crippen molar-refractivity contribution in [1.29, 1.82) is 0 Å². The highest BCUT2D eigenvalue weighted by atomic mass is 35.5. The Balaban J connectivity index is 2.30. The van der Waals surface area contributed by atoms with Crippen molar-refractivity contribution < 1.29 is 14.2 Å². The summed E-state index contributed by atoms with van der Waals surface area (Å²) in [6, 6.07) is 6.69. The summed E-state index contributed by atoms with van der Waals surface area (Å²) in [4.78, 5) is 0. The van der Waals surface area contributed by atoms with Crippen LogP contribution in [0.25, 0.3) is 0 Å². The molecule has 0 radical (unpaired) electrons. The Morgan fingerprint density at radius 2 is 1.54 bits per heavy atom. The minimum Gasteiger partial charge on any atom is -0.493 e. The fraction of sp³-hybridized carbons (Fsp3) is 0.188. The van der Waals surface area contributed by atoms with Gasteiger partial charge in [0.2, 0.25) is 5.75 Å². The maximum atomic E-state index is 6.10. The van der Waals surface area contributed by atoms with Crippen LogP contribution in [0.1, 0.15) is 5.56 Å². The molecule has 2 rings (SSSR count). The third kappa shape index (κ3) is 3.98. The molecular weight excluding hydrogens is 375 g/mol. The number of hydrazone groups is 1. The summed E-state index contributed by atoms with van der Waals surface area (Å²) < 4.78 is 15.9. The minimum atomic E-state index is 0.365. The molecule has 1 N–H and O–H groups in total. The Morgan fingerprint density at radius 1 is 0.917 bits per heavy atom. The molecule has 0 aliphatic carbocycles. The smallest absolute Gasteiger partial charge is 0.203 e.